The Morgan fingerprint density at radius 2 is 1.69 bits per heavy atom. The minimum absolute atomic E-state index is 0.00647. The first-order valence-electron chi connectivity index (χ1n) is 10.1. The Morgan fingerprint density at radius 3 is 2.21 bits per heavy atom. The lowest BCUT2D eigenvalue weighted by Crippen LogP contribution is -2.56. The Kier molecular flexibility index (Phi) is 8.85. The Bertz CT molecular complexity index is 648. The summed E-state index contributed by atoms with van der Waals surface area (Å²) in [5.41, 5.74) is 0.983. The van der Waals surface area contributed by atoms with E-state index in [0.717, 1.165) is 50.9 Å². The molecule has 29 heavy (non-hydrogen) atoms. The van der Waals surface area contributed by atoms with Crippen LogP contribution in [0.2, 0.25) is 0 Å². The average Bonchev–Trinajstić information content (AvgIpc) is 2.75. The van der Waals surface area contributed by atoms with Gasteiger partial charge in [0.05, 0.1) is 41.1 Å². The molecule has 1 aromatic carbocycles. The molecule has 8 heteroatoms. The van der Waals surface area contributed by atoms with Crippen LogP contribution < -0.4 is 24.8 Å². The molecular formula is C21H36N4O4. The van der Waals surface area contributed by atoms with E-state index in [2.05, 4.69) is 36.3 Å². The second-order valence-corrected chi connectivity index (χ2v) is 7.49. The quantitative estimate of drug-likeness (QED) is 0.477. The van der Waals surface area contributed by atoms with Crippen molar-refractivity contribution in [1.82, 2.24) is 15.5 Å². The monoisotopic (exact) mass is 408 g/mol. The van der Waals surface area contributed by atoms with E-state index in [4.69, 9.17) is 23.9 Å². The van der Waals surface area contributed by atoms with E-state index in [1.165, 1.54) is 0 Å². The highest BCUT2D eigenvalue weighted by molar-refractivity contribution is 5.79. The molecule has 0 atom stereocenters. The summed E-state index contributed by atoms with van der Waals surface area (Å²) in [6.07, 6.45) is 0. The molecule has 0 spiro atoms. The van der Waals surface area contributed by atoms with Gasteiger partial charge in [-0.3, -0.25) is 4.90 Å². The molecule has 0 bridgehead atoms. The molecule has 1 aliphatic heterocycles. The normalized spacial score (nSPS) is 15.7. The van der Waals surface area contributed by atoms with Crippen molar-refractivity contribution in [2.24, 2.45) is 4.99 Å². The van der Waals surface area contributed by atoms with Crippen LogP contribution in [0.15, 0.2) is 17.1 Å². The minimum atomic E-state index is 0.00647. The number of hydrogen-bond acceptors (Lipinski definition) is 6. The molecule has 1 heterocycles. The van der Waals surface area contributed by atoms with E-state index < -0.39 is 0 Å². The Balaban J connectivity index is 2.08. The minimum Gasteiger partial charge on any atom is -0.493 e. The van der Waals surface area contributed by atoms with Crippen LogP contribution >= 0.6 is 0 Å². The summed E-state index contributed by atoms with van der Waals surface area (Å²) in [6, 6.07) is 3.85. The maximum absolute atomic E-state index is 5.47. The van der Waals surface area contributed by atoms with Crippen molar-refractivity contribution in [3.63, 3.8) is 0 Å². The predicted molar refractivity (Wildman–Crippen MR) is 115 cm³/mol. The molecule has 2 rings (SSSR count). The van der Waals surface area contributed by atoms with Crippen molar-refractivity contribution in [2.45, 2.75) is 32.9 Å². The van der Waals surface area contributed by atoms with E-state index in [0.29, 0.717) is 23.8 Å². The third-order valence-corrected chi connectivity index (χ3v) is 5.04. The first-order chi connectivity index (χ1) is 13.9. The summed E-state index contributed by atoms with van der Waals surface area (Å²) in [4.78, 5) is 7.19. The van der Waals surface area contributed by atoms with Crippen LogP contribution in [0.1, 0.15) is 26.3 Å². The molecule has 0 saturated carbocycles. The number of ether oxygens (including phenoxy) is 4. The van der Waals surface area contributed by atoms with Crippen molar-refractivity contribution in [1.29, 1.82) is 0 Å². The second-order valence-electron chi connectivity index (χ2n) is 7.49. The highest BCUT2D eigenvalue weighted by atomic mass is 16.5. The number of nitrogens with one attached hydrogen (secondary N) is 2. The lowest BCUT2D eigenvalue weighted by atomic mass is 10.0. The molecule has 164 valence electrons. The van der Waals surface area contributed by atoms with Crippen molar-refractivity contribution in [3.05, 3.63) is 17.7 Å². The van der Waals surface area contributed by atoms with E-state index in [1.807, 2.05) is 12.1 Å². The zero-order chi connectivity index (χ0) is 21.3. The Labute approximate surface area is 174 Å². The zero-order valence-corrected chi connectivity index (χ0v) is 18.6. The molecule has 0 amide bonds. The van der Waals surface area contributed by atoms with Gasteiger partial charge in [-0.05, 0) is 38.5 Å². The molecule has 1 saturated heterocycles. The maximum atomic E-state index is 5.47. The molecule has 1 aliphatic rings. The molecule has 8 nitrogen and oxygen atoms in total. The van der Waals surface area contributed by atoms with Gasteiger partial charge in [0, 0.05) is 31.7 Å². The third-order valence-electron chi connectivity index (χ3n) is 5.04. The molecule has 1 fully saturated rings. The van der Waals surface area contributed by atoms with Crippen LogP contribution in [-0.2, 0) is 11.3 Å². The van der Waals surface area contributed by atoms with Gasteiger partial charge in [0.2, 0.25) is 5.75 Å². The summed E-state index contributed by atoms with van der Waals surface area (Å²) in [5, 5.41) is 6.79. The molecule has 0 aliphatic carbocycles. The number of guanidine groups is 1. The topological polar surface area (TPSA) is 76.6 Å². The van der Waals surface area contributed by atoms with Gasteiger partial charge in [0.1, 0.15) is 0 Å². The maximum Gasteiger partial charge on any atom is 0.203 e. The number of rotatable bonds is 9. The van der Waals surface area contributed by atoms with Gasteiger partial charge in [0.25, 0.3) is 0 Å². The number of nitrogens with zero attached hydrogens (tertiary/aromatic N) is 2. The fourth-order valence-electron chi connectivity index (χ4n) is 3.32. The van der Waals surface area contributed by atoms with Crippen molar-refractivity contribution in [2.75, 3.05) is 60.7 Å². The van der Waals surface area contributed by atoms with Gasteiger partial charge in [-0.15, -0.1) is 0 Å². The van der Waals surface area contributed by atoms with E-state index in [1.54, 1.807) is 21.3 Å². The largest absolute Gasteiger partial charge is 0.493 e. The summed E-state index contributed by atoms with van der Waals surface area (Å²) in [6.45, 7) is 12.1. The SMILES string of the molecule is CCNC(=NCc1cc(OC)c(OC)c(OC)c1)NCC(C)(C)N1CCOCC1. The van der Waals surface area contributed by atoms with Gasteiger partial charge < -0.3 is 29.6 Å². The molecule has 0 aromatic heterocycles. The highest BCUT2D eigenvalue weighted by Crippen LogP contribution is 2.38. The number of hydrogen-bond donors (Lipinski definition) is 2. The van der Waals surface area contributed by atoms with Crippen LogP contribution in [-0.4, -0.2) is 77.1 Å². The fourth-order valence-corrected chi connectivity index (χ4v) is 3.32. The smallest absolute Gasteiger partial charge is 0.203 e. The molecule has 0 radical (unpaired) electrons. The van der Waals surface area contributed by atoms with Crippen LogP contribution in [0.5, 0.6) is 17.2 Å². The number of benzene rings is 1. The predicted octanol–water partition coefficient (Wildman–Crippen LogP) is 1.88. The molecule has 2 N–H and O–H groups in total. The summed E-state index contributed by atoms with van der Waals surface area (Å²) in [5.74, 6) is 2.62. The summed E-state index contributed by atoms with van der Waals surface area (Å²) in [7, 11) is 4.83. The van der Waals surface area contributed by atoms with E-state index in [9.17, 15) is 0 Å². The lowest BCUT2D eigenvalue weighted by molar-refractivity contribution is -0.00834. The van der Waals surface area contributed by atoms with E-state index in [-0.39, 0.29) is 5.54 Å². The lowest BCUT2D eigenvalue weighted by Gasteiger charge is -2.41. The Morgan fingerprint density at radius 1 is 1.07 bits per heavy atom. The number of methoxy groups -OCH3 is 3. The van der Waals surface area contributed by atoms with Gasteiger partial charge in [-0.1, -0.05) is 0 Å². The average molecular weight is 409 g/mol. The summed E-state index contributed by atoms with van der Waals surface area (Å²) >= 11 is 0. The molecule has 1 aromatic rings. The zero-order valence-electron chi connectivity index (χ0n) is 18.6. The fraction of sp³-hybridized carbons (Fsp3) is 0.667. The van der Waals surface area contributed by atoms with Crippen LogP contribution in [0, 0.1) is 0 Å². The first-order valence-corrected chi connectivity index (χ1v) is 10.1. The van der Waals surface area contributed by atoms with Crippen molar-refractivity contribution >= 4 is 5.96 Å². The van der Waals surface area contributed by atoms with Gasteiger partial charge in [-0.2, -0.15) is 0 Å². The van der Waals surface area contributed by atoms with Gasteiger partial charge >= 0.3 is 0 Å². The van der Waals surface area contributed by atoms with E-state index >= 15 is 0 Å². The van der Waals surface area contributed by atoms with Crippen molar-refractivity contribution < 1.29 is 18.9 Å². The number of morpholine rings is 1. The molecule has 0 unspecified atom stereocenters. The van der Waals surface area contributed by atoms with Crippen LogP contribution in [0.3, 0.4) is 0 Å². The van der Waals surface area contributed by atoms with Crippen LogP contribution in [0.25, 0.3) is 0 Å². The third kappa shape index (κ3) is 6.40. The van der Waals surface area contributed by atoms with Crippen LogP contribution in [0.4, 0.5) is 0 Å². The Hall–Kier alpha value is -2.19. The summed E-state index contributed by atoms with van der Waals surface area (Å²) < 4.78 is 21.7. The van der Waals surface area contributed by atoms with Gasteiger partial charge in [0.15, 0.2) is 17.5 Å². The highest BCUT2D eigenvalue weighted by Gasteiger charge is 2.28. The van der Waals surface area contributed by atoms with Crippen molar-refractivity contribution in [3.8, 4) is 17.2 Å². The standard InChI is InChI=1S/C21H36N4O4/c1-7-22-20(24-15-21(2,3)25-8-10-29-11-9-25)23-14-16-12-17(26-4)19(28-6)18(13-16)27-5/h12-13H,7-11,14-15H2,1-6H3,(H2,22,23,24). The second kappa shape index (κ2) is 11.1. The number of aliphatic imine (C=N–C) groups is 1. The molecular weight excluding hydrogens is 372 g/mol. The first kappa shape index (κ1) is 23.1. The van der Waals surface area contributed by atoms with Gasteiger partial charge in [-0.25, -0.2) is 4.99 Å².